The van der Waals surface area contributed by atoms with Crippen molar-refractivity contribution in [3.05, 3.63) is 17.1 Å². The number of β-lactam (4-membered cyclic amide) rings is 1. The zero-order valence-corrected chi connectivity index (χ0v) is 18.8. The summed E-state index contributed by atoms with van der Waals surface area (Å²) in [7, 11) is 0. The van der Waals surface area contributed by atoms with E-state index in [9.17, 15) is 29.4 Å². The summed E-state index contributed by atoms with van der Waals surface area (Å²) in [4.78, 5) is 58.5. The number of carboxylic acids is 2. The molecule has 0 bridgehead atoms. The lowest BCUT2D eigenvalue weighted by molar-refractivity contribution is -0.161. The van der Waals surface area contributed by atoms with Gasteiger partial charge in [0.1, 0.15) is 17.1 Å². The molecule has 13 nitrogen and oxygen atoms in total. The van der Waals surface area contributed by atoms with E-state index in [1.54, 1.807) is 6.92 Å². The minimum atomic E-state index is -1.76. The molecule has 5 N–H and O–H groups in total. The predicted molar refractivity (Wildman–Crippen MR) is 114 cm³/mol. The lowest BCUT2D eigenvalue weighted by Crippen LogP contribution is -2.71. The molecule has 0 aliphatic carbocycles. The third-order valence-electron chi connectivity index (χ3n) is 4.71. The second-order valence-corrected chi connectivity index (χ2v) is 9.16. The molecule has 32 heavy (non-hydrogen) atoms. The van der Waals surface area contributed by atoms with E-state index in [0.29, 0.717) is 17.7 Å². The van der Waals surface area contributed by atoms with Crippen LogP contribution in [0.2, 0.25) is 0 Å². The lowest BCUT2D eigenvalue weighted by Gasteiger charge is -2.49. The molecule has 1 fully saturated rings. The second kappa shape index (κ2) is 8.74. The number of oxime groups is 1. The molecule has 1 aromatic heterocycles. The van der Waals surface area contributed by atoms with Gasteiger partial charge in [-0.2, -0.15) is 9.36 Å². The molecule has 1 saturated heterocycles. The molecule has 2 unspecified atom stereocenters. The second-order valence-electron chi connectivity index (χ2n) is 7.27. The summed E-state index contributed by atoms with van der Waals surface area (Å²) in [5, 5.41) is 24.2. The van der Waals surface area contributed by atoms with Crippen molar-refractivity contribution in [3.8, 4) is 0 Å². The van der Waals surface area contributed by atoms with Crippen molar-refractivity contribution in [2.24, 2.45) is 5.16 Å². The fraction of sp³-hybridized carbons (Fsp3) is 0.471. The Morgan fingerprint density at radius 3 is 2.59 bits per heavy atom. The van der Waals surface area contributed by atoms with Crippen LogP contribution in [0.4, 0.5) is 5.13 Å². The highest BCUT2D eigenvalue weighted by atomic mass is 32.2. The van der Waals surface area contributed by atoms with Crippen LogP contribution in [0.3, 0.4) is 0 Å². The van der Waals surface area contributed by atoms with Crippen molar-refractivity contribution >= 4 is 57.9 Å². The van der Waals surface area contributed by atoms with Crippen LogP contribution in [-0.4, -0.2) is 76.7 Å². The minimum absolute atomic E-state index is 0.0371. The number of amides is 2. The number of nitrogens with two attached hydrogens (primary N) is 1. The number of nitrogens with zero attached hydrogens (tertiary/aromatic N) is 4. The number of anilines is 1. The van der Waals surface area contributed by atoms with Crippen LogP contribution in [0, 0.1) is 0 Å². The Bertz CT molecular complexity index is 1050. The smallest absolute Gasteiger partial charge is 0.352 e. The van der Waals surface area contributed by atoms with E-state index in [1.807, 2.05) is 0 Å². The molecule has 172 valence electrons. The minimum Gasteiger partial charge on any atom is -0.478 e. The molecular formula is C17H20N6O7S2. The zero-order valence-electron chi connectivity index (χ0n) is 17.2. The molecule has 0 radical (unpaired) electrons. The number of hydrogen-bond donors (Lipinski definition) is 4. The van der Waals surface area contributed by atoms with E-state index in [1.165, 1.54) is 25.6 Å². The van der Waals surface area contributed by atoms with E-state index in [0.717, 1.165) is 16.4 Å². The van der Waals surface area contributed by atoms with Gasteiger partial charge >= 0.3 is 11.9 Å². The average molecular weight is 485 g/mol. The van der Waals surface area contributed by atoms with Gasteiger partial charge in [0.05, 0.1) is 0 Å². The number of carbonyl (C=O) groups is 4. The summed E-state index contributed by atoms with van der Waals surface area (Å²) in [5.41, 5.74) is 3.90. The number of thioether (sulfide) groups is 1. The van der Waals surface area contributed by atoms with Gasteiger partial charge in [-0.3, -0.25) is 14.5 Å². The van der Waals surface area contributed by atoms with Gasteiger partial charge in [0.2, 0.25) is 17.1 Å². The number of nitrogens with one attached hydrogen (secondary N) is 1. The van der Waals surface area contributed by atoms with E-state index in [2.05, 4.69) is 19.8 Å². The van der Waals surface area contributed by atoms with Gasteiger partial charge in [-0.05, 0) is 25.8 Å². The number of rotatable bonds is 8. The van der Waals surface area contributed by atoms with Crippen LogP contribution in [0.5, 0.6) is 0 Å². The average Bonchev–Trinajstić information content (AvgIpc) is 3.16. The van der Waals surface area contributed by atoms with Crippen LogP contribution in [-0.2, 0) is 24.0 Å². The standard InChI is InChI=1S/C17H20N6O7S2/c1-4-6-5-31-13-8(12(25)23(13)9(6)14(26)27)19-11(24)7(10-20-16(18)32-22-10)21-30-17(2,3)15(28)29/h8,13H,4-5H2,1-3H3,(H,19,24)(H,26,27)(H,28,29)(H2,18,20,22)/b21-7+. The molecular weight excluding hydrogens is 464 g/mol. The van der Waals surface area contributed by atoms with Gasteiger partial charge in [-0.1, -0.05) is 12.1 Å². The highest BCUT2D eigenvalue weighted by Crippen LogP contribution is 2.41. The first kappa shape index (κ1) is 23.5. The van der Waals surface area contributed by atoms with Gasteiger partial charge in [0.15, 0.2) is 5.13 Å². The van der Waals surface area contributed by atoms with Crippen LogP contribution < -0.4 is 11.1 Å². The molecule has 15 heteroatoms. The molecule has 2 aliphatic heterocycles. The Hall–Kier alpha value is -3.20. The molecule has 0 spiro atoms. The van der Waals surface area contributed by atoms with Crippen molar-refractivity contribution in [1.29, 1.82) is 0 Å². The van der Waals surface area contributed by atoms with Crippen LogP contribution in [0.25, 0.3) is 0 Å². The first-order valence-electron chi connectivity index (χ1n) is 9.27. The first-order valence-corrected chi connectivity index (χ1v) is 11.1. The number of carbonyl (C=O) groups excluding carboxylic acids is 2. The van der Waals surface area contributed by atoms with E-state index < -0.39 is 46.5 Å². The normalized spacial score (nSPS) is 21.0. The summed E-state index contributed by atoms with van der Waals surface area (Å²) in [6.45, 7) is 4.26. The number of fused-ring (bicyclic) bond motifs is 1. The topological polar surface area (TPSA) is 197 Å². The highest BCUT2D eigenvalue weighted by molar-refractivity contribution is 8.00. The largest absolute Gasteiger partial charge is 0.478 e. The molecule has 2 aliphatic rings. The Labute approximate surface area is 189 Å². The Morgan fingerprint density at radius 2 is 2.06 bits per heavy atom. The number of nitrogen functional groups attached to an aromatic ring is 1. The maximum Gasteiger partial charge on any atom is 0.352 e. The number of hydrogen-bond acceptors (Lipinski definition) is 11. The molecule has 3 heterocycles. The first-order chi connectivity index (χ1) is 15.0. The quantitative estimate of drug-likeness (QED) is 0.217. The van der Waals surface area contributed by atoms with Gasteiger partial charge in [-0.25, -0.2) is 9.59 Å². The molecule has 3 rings (SSSR count). The fourth-order valence-corrected chi connectivity index (χ4v) is 4.76. The van der Waals surface area contributed by atoms with Crippen molar-refractivity contribution in [2.75, 3.05) is 11.5 Å². The Kier molecular flexibility index (Phi) is 6.41. The summed E-state index contributed by atoms with van der Waals surface area (Å²) in [6.07, 6.45) is 0.479. The zero-order chi connectivity index (χ0) is 23.8. The third kappa shape index (κ3) is 4.25. The Balaban J connectivity index is 1.83. The molecule has 1 aromatic rings. The van der Waals surface area contributed by atoms with Crippen molar-refractivity contribution in [3.63, 3.8) is 0 Å². The maximum absolute atomic E-state index is 12.9. The molecule has 2 atom stereocenters. The fourth-order valence-electron chi connectivity index (χ4n) is 2.88. The van der Waals surface area contributed by atoms with Gasteiger partial charge in [-0.15, -0.1) is 11.8 Å². The predicted octanol–water partition coefficient (Wildman–Crippen LogP) is -0.147. The van der Waals surface area contributed by atoms with Crippen molar-refractivity contribution < 1.29 is 34.2 Å². The van der Waals surface area contributed by atoms with E-state index in [-0.39, 0.29) is 16.7 Å². The number of carboxylic acid groups (broad SMARTS) is 2. The van der Waals surface area contributed by atoms with Crippen LogP contribution >= 0.6 is 23.3 Å². The molecule has 2 amide bonds. The maximum atomic E-state index is 12.9. The van der Waals surface area contributed by atoms with Crippen molar-refractivity contribution in [1.82, 2.24) is 19.6 Å². The summed E-state index contributed by atoms with van der Waals surface area (Å²) in [5.74, 6) is -3.82. The molecule has 0 aromatic carbocycles. The van der Waals surface area contributed by atoms with Crippen molar-refractivity contribution in [2.45, 2.75) is 44.2 Å². The summed E-state index contributed by atoms with van der Waals surface area (Å²) < 4.78 is 3.89. The number of aliphatic carboxylic acids is 2. The highest BCUT2D eigenvalue weighted by Gasteiger charge is 2.54. The lowest BCUT2D eigenvalue weighted by atomic mass is 10.0. The van der Waals surface area contributed by atoms with Gasteiger partial charge in [0.25, 0.3) is 11.8 Å². The summed E-state index contributed by atoms with van der Waals surface area (Å²) in [6, 6.07) is -1.02. The number of aromatic nitrogens is 2. The van der Waals surface area contributed by atoms with Gasteiger partial charge < -0.3 is 26.1 Å². The van der Waals surface area contributed by atoms with Crippen LogP contribution in [0.15, 0.2) is 16.4 Å². The monoisotopic (exact) mass is 484 g/mol. The summed E-state index contributed by atoms with van der Waals surface area (Å²) >= 11 is 2.11. The Morgan fingerprint density at radius 1 is 1.38 bits per heavy atom. The van der Waals surface area contributed by atoms with Crippen LogP contribution in [0.1, 0.15) is 33.0 Å². The molecule has 0 saturated carbocycles. The SMILES string of the molecule is CCC1=C(C(=O)O)N2C(=O)C(NC(=O)/C(=N/OC(C)(C)C(=O)O)c3nsc(N)n3)C2SC1. The van der Waals surface area contributed by atoms with E-state index >= 15 is 0 Å². The third-order valence-corrected chi connectivity index (χ3v) is 6.59. The van der Waals surface area contributed by atoms with E-state index in [4.69, 9.17) is 10.6 Å². The van der Waals surface area contributed by atoms with Gasteiger partial charge in [0, 0.05) is 17.3 Å².